The molecule has 4 nitrogen and oxygen atoms in total. The number of halogens is 6. The first kappa shape index (κ1) is 18.7. The molecule has 0 aliphatic heterocycles. The lowest BCUT2D eigenvalue weighted by Crippen LogP contribution is -2.27. The van der Waals surface area contributed by atoms with E-state index in [2.05, 4.69) is 6.58 Å². The van der Waals surface area contributed by atoms with Crippen molar-refractivity contribution in [2.24, 2.45) is 0 Å². The van der Waals surface area contributed by atoms with Gasteiger partial charge in [0.15, 0.2) is 0 Å². The molecule has 0 saturated heterocycles. The Kier molecular flexibility index (Phi) is 5.23. The van der Waals surface area contributed by atoms with Crippen LogP contribution in [-0.4, -0.2) is 27.9 Å². The van der Waals surface area contributed by atoms with E-state index in [1.807, 2.05) is 0 Å². The highest BCUT2D eigenvalue weighted by Gasteiger charge is 2.50. The van der Waals surface area contributed by atoms with Crippen molar-refractivity contribution in [2.75, 3.05) is 0 Å². The lowest BCUT2D eigenvalue weighted by molar-refractivity contribution is -0.0436. The molecule has 0 aromatic carbocycles. The van der Waals surface area contributed by atoms with Gasteiger partial charge in [-0.3, -0.25) is 0 Å². The Labute approximate surface area is 109 Å². The van der Waals surface area contributed by atoms with Crippen LogP contribution in [0.3, 0.4) is 0 Å². The van der Waals surface area contributed by atoms with Crippen LogP contribution in [0.15, 0.2) is 35.1 Å². The predicted octanol–water partition coefficient (Wildman–Crippen LogP) is 2.44. The zero-order chi connectivity index (χ0) is 16.4. The van der Waals surface area contributed by atoms with E-state index in [-0.39, 0.29) is 6.08 Å². The van der Waals surface area contributed by atoms with E-state index in [1.165, 1.54) is 0 Å². The van der Waals surface area contributed by atoms with Crippen LogP contribution >= 0.6 is 0 Å². The van der Waals surface area contributed by atoms with Gasteiger partial charge < -0.3 is 0 Å². The smallest absolute Gasteiger partial charge is 0.215 e. The maximum atomic E-state index is 12.2. The molecule has 116 valence electrons. The van der Waals surface area contributed by atoms with Crippen molar-refractivity contribution in [1.29, 1.82) is 0 Å². The molecular weight excluding hydrogens is 338 g/mol. The molecule has 0 spiro atoms. The predicted molar refractivity (Wildman–Crippen MR) is 57.4 cm³/mol. The van der Waals surface area contributed by atoms with Crippen molar-refractivity contribution >= 4 is 19.7 Å². The maximum Gasteiger partial charge on any atom is 0.501 e. The van der Waals surface area contributed by atoms with Gasteiger partial charge in [-0.1, -0.05) is 18.7 Å². The Balaban J connectivity index is 6.27. The number of sulfone groups is 2. The molecule has 20 heavy (non-hydrogen) atoms. The van der Waals surface area contributed by atoms with Gasteiger partial charge in [-0.05, 0) is 6.08 Å². The van der Waals surface area contributed by atoms with Crippen molar-refractivity contribution in [3.63, 3.8) is 0 Å². The molecule has 0 atom stereocenters. The van der Waals surface area contributed by atoms with Crippen LogP contribution < -0.4 is 0 Å². The van der Waals surface area contributed by atoms with Crippen molar-refractivity contribution in [1.82, 2.24) is 0 Å². The number of alkyl halides is 6. The Morgan fingerprint density at radius 2 is 1.35 bits per heavy atom. The average molecular weight is 344 g/mol. The summed E-state index contributed by atoms with van der Waals surface area (Å²) in [4.78, 5) is -2.07. The van der Waals surface area contributed by atoms with E-state index >= 15 is 0 Å². The maximum absolute atomic E-state index is 12.2. The second kappa shape index (κ2) is 5.60. The molecule has 0 aromatic rings. The van der Waals surface area contributed by atoms with E-state index in [0.717, 1.165) is 6.08 Å². The lowest BCUT2D eigenvalue weighted by Gasteiger charge is -2.10. The number of rotatable bonds is 4. The van der Waals surface area contributed by atoms with Gasteiger partial charge in [-0.15, -0.1) is 0 Å². The number of hydrogen-bond donors (Lipinski definition) is 0. The summed E-state index contributed by atoms with van der Waals surface area (Å²) in [7, 11) is -12.5. The van der Waals surface area contributed by atoms with Gasteiger partial charge in [0, 0.05) is 0 Å². The van der Waals surface area contributed by atoms with Crippen LogP contribution in [0.2, 0.25) is 0 Å². The van der Waals surface area contributed by atoms with Crippen molar-refractivity contribution in [3.05, 3.63) is 35.1 Å². The molecule has 0 heterocycles. The van der Waals surface area contributed by atoms with Crippen LogP contribution in [0, 0.1) is 0 Å². The lowest BCUT2D eigenvalue weighted by atomic mass is 10.5. The first-order chi connectivity index (χ1) is 8.67. The average Bonchev–Trinajstić information content (AvgIpc) is 2.20. The Morgan fingerprint density at radius 1 is 0.900 bits per heavy atom. The molecule has 0 fully saturated rings. The van der Waals surface area contributed by atoms with Gasteiger partial charge >= 0.3 is 11.0 Å². The van der Waals surface area contributed by atoms with Crippen LogP contribution in [-0.2, 0) is 19.7 Å². The zero-order valence-electron chi connectivity index (χ0n) is 9.23. The number of hydrogen-bond acceptors (Lipinski definition) is 4. The van der Waals surface area contributed by atoms with Gasteiger partial charge in [-0.25, -0.2) is 16.8 Å². The molecule has 0 amide bonds. The molecule has 0 aromatic heterocycles. The van der Waals surface area contributed by atoms with Crippen molar-refractivity contribution < 1.29 is 43.2 Å². The van der Waals surface area contributed by atoms with Crippen LogP contribution in [0.1, 0.15) is 0 Å². The first-order valence-corrected chi connectivity index (χ1v) is 7.33. The summed E-state index contributed by atoms with van der Waals surface area (Å²) in [6.45, 7) is 2.96. The van der Waals surface area contributed by atoms with Crippen molar-refractivity contribution in [2.45, 2.75) is 11.0 Å². The fourth-order valence-corrected chi connectivity index (χ4v) is 2.64. The summed E-state index contributed by atoms with van der Waals surface area (Å²) >= 11 is 0. The van der Waals surface area contributed by atoms with Gasteiger partial charge in [0.25, 0.3) is 19.7 Å². The Bertz CT molecular complexity index is 633. The largest absolute Gasteiger partial charge is 0.501 e. The van der Waals surface area contributed by atoms with E-state index in [0.29, 0.717) is 6.08 Å². The quantitative estimate of drug-likeness (QED) is 0.580. The van der Waals surface area contributed by atoms with Crippen LogP contribution in [0.25, 0.3) is 0 Å². The molecular formula is C8H6F6O4S2. The Morgan fingerprint density at radius 3 is 1.65 bits per heavy atom. The minimum Gasteiger partial charge on any atom is -0.215 e. The molecule has 0 unspecified atom stereocenters. The highest BCUT2D eigenvalue weighted by molar-refractivity contribution is 7.99. The fourth-order valence-electron chi connectivity index (χ4n) is 0.708. The second-order valence-corrected chi connectivity index (χ2v) is 6.78. The molecule has 0 saturated carbocycles. The summed E-state index contributed by atoms with van der Waals surface area (Å²) in [6, 6.07) is 0. The van der Waals surface area contributed by atoms with E-state index in [9.17, 15) is 43.2 Å². The standard InChI is InChI=1S/C8H6F6O4S2/c1-2-3-4-6(20(17,18)8(12,13)14)5-19(15,16)7(9,10)11/h2-5H,1H2/b4-3+,6-5?. The third-order valence-corrected chi connectivity index (χ3v) is 4.45. The SMILES string of the molecule is C=C/C=C/C(=CS(=O)(=O)C(F)(F)F)S(=O)(=O)C(F)(F)F. The van der Waals surface area contributed by atoms with Crippen LogP contribution in [0.4, 0.5) is 26.3 Å². The van der Waals surface area contributed by atoms with Gasteiger partial charge in [0.05, 0.1) is 10.3 Å². The topological polar surface area (TPSA) is 68.3 Å². The first-order valence-electron chi connectivity index (χ1n) is 4.30. The molecule has 0 aliphatic carbocycles. The highest BCUT2D eigenvalue weighted by atomic mass is 32.2. The minimum atomic E-state index is -6.26. The highest BCUT2D eigenvalue weighted by Crippen LogP contribution is 2.33. The summed E-state index contributed by atoms with van der Waals surface area (Å²) < 4.78 is 116. The zero-order valence-corrected chi connectivity index (χ0v) is 10.9. The summed E-state index contributed by atoms with van der Waals surface area (Å²) in [6.07, 6.45) is 1.33. The van der Waals surface area contributed by atoms with Gasteiger partial charge in [-0.2, -0.15) is 26.3 Å². The fraction of sp³-hybridized carbons (Fsp3) is 0.250. The normalized spacial score (nSPS) is 15.6. The van der Waals surface area contributed by atoms with Crippen molar-refractivity contribution in [3.8, 4) is 0 Å². The van der Waals surface area contributed by atoms with E-state index in [1.54, 1.807) is 0 Å². The minimum absolute atomic E-state index is 0.0408. The monoisotopic (exact) mass is 344 g/mol. The molecule has 12 heteroatoms. The summed E-state index contributed by atoms with van der Waals surface area (Å²) in [5, 5.41) is -1.00. The molecule has 0 rings (SSSR count). The van der Waals surface area contributed by atoms with E-state index < -0.39 is 41.0 Å². The van der Waals surface area contributed by atoms with Crippen LogP contribution in [0.5, 0.6) is 0 Å². The number of allylic oxidation sites excluding steroid dienone is 3. The van der Waals surface area contributed by atoms with Gasteiger partial charge in [0.2, 0.25) is 0 Å². The second-order valence-electron chi connectivity index (χ2n) is 3.05. The molecule has 0 radical (unpaired) electrons. The summed E-state index contributed by atoms with van der Waals surface area (Å²) in [5.41, 5.74) is -11.9. The third kappa shape index (κ3) is 4.10. The molecule has 0 aliphatic rings. The summed E-state index contributed by atoms with van der Waals surface area (Å²) in [5.74, 6) is 0. The Hall–Kier alpha value is -1.30. The molecule has 0 N–H and O–H groups in total. The third-order valence-electron chi connectivity index (χ3n) is 1.61. The molecule has 0 bridgehead atoms. The van der Waals surface area contributed by atoms with E-state index in [4.69, 9.17) is 0 Å². The van der Waals surface area contributed by atoms with Gasteiger partial charge in [0.1, 0.15) is 0 Å².